The fraction of sp³-hybridized carbons (Fsp3) is 0.238. The minimum absolute atomic E-state index is 0.154. The predicted molar refractivity (Wildman–Crippen MR) is 116 cm³/mol. The summed E-state index contributed by atoms with van der Waals surface area (Å²) in [5, 5.41) is 15.5. The SMILES string of the molecule is CC(C)c1ccc(-n2cnnc2SCC(=O)NCc2nc(-c3ccncc3)no2)cc1. The molecule has 0 radical (unpaired) electrons. The Hall–Kier alpha value is -3.53. The lowest BCUT2D eigenvalue weighted by molar-refractivity contribution is -0.118. The monoisotopic (exact) mass is 435 g/mol. The quantitative estimate of drug-likeness (QED) is 0.420. The van der Waals surface area contributed by atoms with Gasteiger partial charge in [0.25, 0.3) is 0 Å². The van der Waals surface area contributed by atoms with Gasteiger partial charge in [-0.3, -0.25) is 14.3 Å². The minimum atomic E-state index is -0.168. The molecule has 1 aromatic carbocycles. The van der Waals surface area contributed by atoms with Gasteiger partial charge in [0.05, 0.1) is 12.3 Å². The molecular weight excluding hydrogens is 414 g/mol. The Labute approximate surface area is 183 Å². The van der Waals surface area contributed by atoms with E-state index in [0.717, 1.165) is 11.3 Å². The number of benzene rings is 1. The number of nitrogens with zero attached hydrogens (tertiary/aromatic N) is 6. The zero-order chi connectivity index (χ0) is 21.6. The highest BCUT2D eigenvalue weighted by Crippen LogP contribution is 2.22. The van der Waals surface area contributed by atoms with Gasteiger partial charge >= 0.3 is 0 Å². The summed E-state index contributed by atoms with van der Waals surface area (Å²) in [6, 6.07) is 11.8. The zero-order valence-electron chi connectivity index (χ0n) is 17.1. The smallest absolute Gasteiger partial charge is 0.246 e. The molecule has 158 valence electrons. The van der Waals surface area contributed by atoms with E-state index in [9.17, 15) is 4.79 Å². The molecule has 0 fully saturated rings. The fourth-order valence-electron chi connectivity index (χ4n) is 2.82. The van der Waals surface area contributed by atoms with Crippen LogP contribution in [0.4, 0.5) is 0 Å². The molecule has 0 atom stereocenters. The molecule has 4 aromatic rings. The third-order valence-corrected chi connectivity index (χ3v) is 5.47. The number of amides is 1. The highest BCUT2D eigenvalue weighted by molar-refractivity contribution is 7.99. The van der Waals surface area contributed by atoms with Crippen molar-refractivity contribution in [2.75, 3.05) is 5.75 Å². The van der Waals surface area contributed by atoms with Crippen LogP contribution in [-0.4, -0.2) is 41.5 Å². The van der Waals surface area contributed by atoms with Crippen molar-refractivity contribution in [3.63, 3.8) is 0 Å². The van der Waals surface area contributed by atoms with Crippen molar-refractivity contribution in [2.24, 2.45) is 0 Å². The average Bonchev–Trinajstić information content (AvgIpc) is 3.46. The van der Waals surface area contributed by atoms with Crippen molar-refractivity contribution < 1.29 is 9.32 Å². The number of hydrogen-bond acceptors (Lipinski definition) is 8. The van der Waals surface area contributed by atoms with Gasteiger partial charge in [0, 0.05) is 23.6 Å². The molecule has 0 bridgehead atoms. The molecule has 10 heteroatoms. The molecule has 1 amide bonds. The van der Waals surface area contributed by atoms with Crippen LogP contribution >= 0.6 is 11.8 Å². The summed E-state index contributed by atoms with van der Waals surface area (Å²) in [7, 11) is 0. The molecular formula is C21H21N7O2S. The van der Waals surface area contributed by atoms with Crippen LogP contribution in [0.5, 0.6) is 0 Å². The molecule has 0 unspecified atom stereocenters. The van der Waals surface area contributed by atoms with E-state index in [1.54, 1.807) is 30.9 Å². The molecule has 0 aliphatic rings. The number of aromatic nitrogens is 6. The van der Waals surface area contributed by atoms with Crippen LogP contribution in [-0.2, 0) is 11.3 Å². The van der Waals surface area contributed by atoms with E-state index >= 15 is 0 Å². The van der Waals surface area contributed by atoms with Gasteiger partial charge < -0.3 is 9.84 Å². The van der Waals surface area contributed by atoms with Gasteiger partial charge in [-0.1, -0.05) is 42.9 Å². The van der Waals surface area contributed by atoms with Crippen molar-refractivity contribution in [1.82, 2.24) is 35.2 Å². The Kier molecular flexibility index (Phi) is 6.37. The first-order valence-electron chi connectivity index (χ1n) is 9.73. The van der Waals surface area contributed by atoms with Crippen LogP contribution in [0, 0.1) is 0 Å². The summed E-state index contributed by atoms with van der Waals surface area (Å²) in [4.78, 5) is 20.5. The number of rotatable bonds is 8. The Bertz CT molecular complexity index is 1140. The van der Waals surface area contributed by atoms with E-state index in [2.05, 4.69) is 56.6 Å². The molecule has 0 aliphatic heterocycles. The number of nitrogens with one attached hydrogen (secondary N) is 1. The normalized spacial score (nSPS) is 11.1. The lowest BCUT2D eigenvalue weighted by Gasteiger charge is -2.09. The molecule has 9 nitrogen and oxygen atoms in total. The highest BCUT2D eigenvalue weighted by Gasteiger charge is 2.13. The van der Waals surface area contributed by atoms with Crippen LogP contribution in [0.25, 0.3) is 17.1 Å². The van der Waals surface area contributed by atoms with Crippen molar-refractivity contribution in [1.29, 1.82) is 0 Å². The molecule has 1 N–H and O–H groups in total. The van der Waals surface area contributed by atoms with Gasteiger partial charge in [-0.15, -0.1) is 10.2 Å². The van der Waals surface area contributed by atoms with E-state index in [4.69, 9.17) is 4.52 Å². The first-order valence-corrected chi connectivity index (χ1v) is 10.7. The summed E-state index contributed by atoms with van der Waals surface area (Å²) >= 11 is 1.31. The Morgan fingerprint density at radius 1 is 1.16 bits per heavy atom. The summed E-state index contributed by atoms with van der Waals surface area (Å²) in [5.74, 6) is 1.27. The largest absolute Gasteiger partial charge is 0.346 e. The van der Waals surface area contributed by atoms with E-state index < -0.39 is 0 Å². The average molecular weight is 436 g/mol. The number of pyridine rings is 1. The van der Waals surface area contributed by atoms with E-state index in [-0.39, 0.29) is 18.2 Å². The van der Waals surface area contributed by atoms with E-state index in [0.29, 0.717) is 22.8 Å². The molecule has 31 heavy (non-hydrogen) atoms. The van der Waals surface area contributed by atoms with Gasteiger partial charge in [0.15, 0.2) is 5.16 Å². The maximum atomic E-state index is 12.3. The number of hydrogen-bond donors (Lipinski definition) is 1. The van der Waals surface area contributed by atoms with Crippen LogP contribution in [0.15, 0.2) is 64.8 Å². The Balaban J connectivity index is 1.31. The lowest BCUT2D eigenvalue weighted by Crippen LogP contribution is -2.24. The summed E-state index contributed by atoms with van der Waals surface area (Å²) < 4.78 is 7.06. The van der Waals surface area contributed by atoms with Crippen molar-refractivity contribution >= 4 is 17.7 Å². The van der Waals surface area contributed by atoms with E-state index in [1.165, 1.54) is 17.3 Å². The molecule has 4 rings (SSSR count). The first kappa shape index (κ1) is 20.7. The van der Waals surface area contributed by atoms with Crippen LogP contribution in [0.3, 0.4) is 0 Å². The van der Waals surface area contributed by atoms with E-state index in [1.807, 2.05) is 16.7 Å². The zero-order valence-corrected chi connectivity index (χ0v) is 17.9. The van der Waals surface area contributed by atoms with Gasteiger partial charge in [-0.2, -0.15) is 4.98 Å². The van der Waals surface area contributed by atoms with Gasteiger partial charge in [-0.25, -0.2) is 0 Å². The second-order valence-electron chi connectivity index (χ2n) is 7.04. The number of carbonyl (C=O) groups is 1. The molecule has 0 aliphatic carbocycles. The minimum Gasteiger partial charge on any atom is -0.346 e. The summed E-state index contributed by atoms with van der Waals surface area (Å²) in [5.41, 5.74) is 3.01. The molecule has 0 spiro atoms. The molecule has 3 heterocycles. The number of thioether (sulfide) groups is 1. The number of carbonyl (C=O) groups excluding carboxylic acids is 1. The molecule has 3 aromatic heterocycles. The second kappa shape index (κ2) is 9.52. The van der Waals surface area contributed by atoms with Gasteiger partial charge in [-0.05, 0) is 35.7 Å². The Morgan fingerprint density at radius 3 is 2.68 bits per heavy atom. The Morgan fingerprint density at radius 2 is 1.94 bits per heavy atom. The van der Waals surface area contributed by atoms with Crippen molar-refractivity contribution in [3.05, 3.63) is 66.6 Å². The fourth-order valence-corrected chi connectivity index (χ4v) is 3.58. The molecule has 0 saturated carbocycles. The summed E-state index contributed by atoms with van der Waals surface area (Å²) in [6.45, 7) is 4.46. The van der Waals surface area contributed by atoms with Crippen LogP contribution in [0.1, 0.15) is 31.2 Å². The summed E-state index contributed by atoms with van der Waals surface area (Å²) in [6.07, 6.45) is 4.95. The molecule has 0 saturated heterocycles. The maximum absolute atomic E-state index is 12.3. The first-order chi connectivity index (χ1) is 15.1. The van der Waals surface area contributed by atoms with Crippen LogP contribution < -0.4 is 5.32 Å². The second-order valence-corrected chi connectivity index (χ2v) is 7.99. The third-order valence-electron chi connectivity index (χ3n) is 4.53. The lowest BCUT2D eigenvalue weighted by atomic mass is 10.0. The van der Waals surface area contributed by atoms with Crippen molar-refractivity contribution in [3.8, 4) is 17.1 Å². The predicted octanol–water partition coefficient (Wildman–Crippen LogP) is 3.24. The topological polar surface area (TPSA) is 112 Å². The maximum Gasteiger partial charge on any atom is 0.246 e. The van der Waals surface area contributed by atoms with Crippen LogP contribution in [0.2, 0.25) is 0 Å². The third kappa shape index (κ3) is 5.15. The van der Waals surface area contributed by atoms with Crippen molar-refractivity contribution in [2.45, 2.75) is 31.5 Å². The standard InChI is InChI=1S/C21H21N7O2S/c1-14(2)15-3-5-17(6-4-15)28-13-24-26-21(28)31-12-18(29)23-11-19-25-20(27-30-19)16-7-9-22-10-8-16/h3-10,13-14H,11-12H2,1-2H3,(H,23,29). The van der Waals surface area contributed by atoms with Gasteiger partial charge in [0.1, 0.15) is 6.33 Å². The van der Waals surface area contributed by atoms with Gasteiger partial charge in [0.2, 0.25) is 17.6 Å². The highest BCUT2D eigenvalue weighted by atomic mass is 32.2.